The van der Waals surface area contributed by atoms with Crippen LogP contribution in [-0.4, -0.2) is 38.4 Å². The fraction of sp³-hybridized carbons (Fsp3) is 0.190. The molecule has 0 aliphatic carbocycles. The van der Waals surface area contributed by atoms with Gasteiger partial charge in [0.05, 0.1) is 19.9 Å². The quantitative estimate of drug-likeness (QED) is 0.293. The van der Waals surface area contributed by atoms with Gasteiger partial charge in [-0.05, 0) is 55.0 Å². The Kier molecular flexibility index (Phi) is 8.25. The SMILES string of the molecule is C=CCOc1ccc(NC(=O)C(=O)N/N=C\c2ccc(OCC)c(OC)c2)cc1. The van der Waals surface area contributed by atoms with Crippen molar-refractivity contribution in [1.29, 1.82) is 0 Å². The molecule has 152 valence electrons. The van der Waals surface area contributed by atoms with Gasteiger partial charge < -0.3 is 19.5 Å². The number of rotatable bonds is 9. The maximum absolute atomic E-state index is 12.0. The lowest BCUT2D eigenvalue weighted by Crippen LogP contribution is -2.32. The molecule has 0 saturated carbocycles. The van der Waals surface area contributed by atoms with Crippen LogP contribution in [0.3, 0.4) is 0 Å². The van der Waals surface area contributed by atoms with Gasteiger partial charge in [-0.15, -0.1) is 0 Å². The van der Waals surface area contributed by atoms with Crippen molar-refractivity contribution in [2.75, 3.05) is 25.6 Å². The molecule has 2 rings (SSSR count). The number of hydrogen-bond donors (Lipinski definition) is 2. The molecule has 2 N–H and O–H groups in total. The molecule has 0 aromatic heterocycles. The second kappa shape index (κ2) is 11.1. The van der Waals surface area contributed by atoms with Crippen LogP contribution in [0.5, 0.6) is 17.2 Å². The first kappa shape index (κ1) is 21.5. The lowest BCUT2D eigenvalue weighted by molar-refractivity contribution is -0.136. The highest BCUT2D eigenvalue weighted by atomic mass is 16.5. The number of nitrogens with one attached hydrogen (secondary N) is 2. The van der Waals surface area contributed by atoms with E-state index in [1.807, 2.05) is 6.92 Å². The van der Waals surface area contributed by atoms with Crippen molar-refractivity contribution in [3.8, 4) is 17.2 Å². The molecule has 29 heavy (non-hydrogen) atoms. The van der Waals surface area contributed by atoms with Crippen LogP contribution in [0.15, 0.2) is 60.2 Å². The number of carbonyl (C=O) groups excluding carboxylic acids is 2. The molecule has 0 spiro atoms. The predicted molar refractivity (Wildman–Crippen MR) is 111 cm³/mol. The number of hydrogen-bond acceptors (Lipinski definition) is 6. The van der Waals surface area contributed by atoms with Gasteiger partial charge in [0.25, 0.3) is 0 Å². The summed E-state index contributed by atoms with van der Waals surface area (Å²) in [6, 6.07) is 11.8. The topological polar surface area (TPSA) is 98.2 Å². The maximum Gasteiger partial charge on any atom is 0.329 e. The average molecular weight is 397 g/mol. The Bertz CT molecular complexity index is 878. The summed E-state index contributed by atoms with van der Waals surface area (Å²) in [6.07, 6.45) is 3.03. The van der Waals surface area contributed by atoms with Crippen LogP contribution in [0.4, 0.5) is 5.69 Å². The second-order valence-corrected chi connectivity index (χ2v) is 5.62. The van der Waals surface area contributed by atoms with E-state index >= 15 is 0 Å². The summed E-state index contributed by atoms with van der Waals surface area (Å²) < 4.78 is 16.0. The molecule has 0 heterocycles. The van der Waals surface area contributed by atoms with E-state index in [0.29, 0.717) is 41.7 Å². The Hall–Kier alpha value is -3.81. The van der Waals surface area contributed by atoms with E-state index in [1.165, 1.54) is 13.3 Å². The number of benzene rings is 2. The van der Waals surface area contributed by atoms with Crippen molar-refractivity contribution in [3.05, 3.63) is 60.7 Å². The van der Waals surface area contributed by atoms with E-state index in [9.17, 15) is 9.59 Å². The predicted octanol–water partition coefficient (Wildman–Crippen LogP) is 2.75. The maximum atomic E-state index is 12.0. The third kappa shape index (κ3) is 6.69. The number of hydrazone groups is 1. The van der Waals surface area contributed by atoms with Crippen molar-refractivity contribution in [2.45, 2.75) is 6.92 Å². The first-order valence-corrected chi connectivity index (χ1v) is 8.86. The van der Waals surface area contributed by atoms with Gasteiger partial charge in [0.2, 0.25) is 0 Å². The molecule has 2 aromatic rings. The van der Waals surface area contributed by atoms with Gasteiger partial charge >= 0.3 is 11.8 Å². The van der Waals surface area contributed by atoms with E-state index in [4.69, 9.17) is 14.2 Å². The first-order valence-electron chi connectivity index (χ1n) is 8.86. The van der Waals surface area contributed by atoms with Crippen molar-refractivity contribution in [2.24, 2.45) is 5.10 Å². The minimum absolute atomic E-state index is 0.381. The average Bonchev–Trinajstić information content (AvgIpc) is 2.74. The number of carbonyl (C=O) groups is 2. The summed E-state index contributed by atoms with van der Waals surface area (Å²) >= 11 is 0. The summed E-state index contributed by atoms with van der Waals surface area (Å²) in [4.78, 5) is 23.8. The Labute approximate surface area is 169 Å². The lowest BCUT2D eigenvalue weighted by atomic mass is 10.2. The lowest BCUT2D eigenvalue weighted by Gasteiger charge is -2.09. The van der Waals surface area contributed by atoms with Crippen LogP contribution in [0.2, 0.25) is 0 Å². The van der Waals surface area contributed by atoms with Gasteiger partial charge in [0.1, 0.15) is 12.4 Å². The Balaban J connectivity index is 1.89. The van der Waals surface area contributed by atoms with Crippen LogP contribution in [-0.2, 0) is 9.59 Å². The molecule has 0 bridgehead atoms. The molecule has 0 saturated heterocycles. The monoisotopic (exact) mass is 397 g/mol. The van der Waals surface area contributed by atoms with E-state index < -0.39 is 11.8 Å². The van der Waals surface area contributed by atoms with E-state index in [1.54, 1.807) is 48.5 Å². The number of methoxy groups -OCH3 is 1. The third-order valence-corrected chi connectivity index (χ3v) is 3.55. The Morgan fingerprint density at radius 2 is 1.83 bits per heavy atom. The normalized spacial score (nSPS) is 10.3. The van der Waals surface area contributed by atoms with Crippen LogP contribution >= 0.6 is 0 Å². The minimum atomic E-state index is -0.897. The van der Waals surface area contributed by atoms with Gasteiger partial charge in [-0.3, -0.25) is 9.59 Å². The van der Waals surface area contributed by atoms with E-state index in [2.05, 4.69) is 22.4 Å². The molecule has 8 nitrogen and oxygen atoms in total. The standard InChI is InChI=1S/C21H23N3O5/c1-4-12-29-17-9-7-16(8-10-17)23-20(25)21(26)24-22-14-15-6-11-18(28-5-2)19(13-15)27-3/h4,6-11,13-14H,1,5,12H2,2-3H3,(H,23,25)(H,24,26)/b22-14-. The Morgan fingerprint density at radius 3 is 2.48 bits per heavy atom. The van der Waals surface area contributed by atoms with Gasteiger partial charge in [0, 0.05) is 5.69 Å². The third-order valence-electron chi connectivity index (χ3n) is 3.55. The van der Waals surface area contributed by atoms with Crippen LogP contribution in [0.1, 0.15) is 12.5 Å². The smallest absolute Gasteiger partial charge is 0.329 e. The summed E-state index contributed by atoms with van der Waals surface area (Å²) in [5.41, 5.74) is 3.30. The molecule has 8 heteroatoms. The van der Waals surface area contributed by atoms with E-state index in [0.717, 1.165) is 0 Å². The van der Waals surface area contributed by atoms with Crippen LogP contribution in [0.25, 0.3) is 0 Å². The van der Waals surface area contributed by atoms with Gasteiger partial charge in [0.15, 0.2) is 11.5 Å². The molecule has 0 atom stereocenters. The number of amides is 2. The highest BCUT2D eigenvalue weighted by Gasteiger charge is 2.13. The highest BCUT2D eigenvalue weighted by Crippen LogP contribution is 2.27. The zero-order valence-electron chi connectivity index (χ0n) is 16.3. The van der Waals surface area contributed by atoms with Crippen molar-refractivity contribution < 1.29 is 23.8 Å². The van der Waals surface area contributed by atoms with E-state index in [-0.39, 0.29) is 0 Å². The fourth-order valence-corrected chi connectivity index (χ4v) is 2.23. The van der Waals surface area contributed by atoms with Gasteiger partial charge in [-0.25, -0.2) is 5.43 Å². The second-order valence-electron chi connectivity index (χ2n) is 5.62. The van der Waals surface area contributed by atoms with Gasteiger partial charge in [-0.1, -0.05) is 12.7 Å². The number of ether oxygens (including phenoxy) is 3. The molecule has 0 radical (unpaired) electrons. The first-order chi connectivity index (χ1) is 14.1. The molecular formula is C21H23N3O5. The molecule has 0 aliphatic rings. The summed E-state index contributed by atoms with van der Waals surface area (Å²) in [6.45, 7) is 6.34. The van der Waals surface area contributed by atoms with Gasteiger partial charge in [-0.2, -0.15) is 5.10 Å². The molecule has 0 aliphatic heterocycles. The minimum Gasteiger partial charge on any atom is -0.493 e. The molecule has 2 aromatic carbocycles. The summed E-state index contributed by atoms with van der Waals surface area (Å²) in [5, 5.41) is 6.27. The number of nitrogens with zero attached hydrogens (tertiary/aromatic N) is 1. The molecule has 2 amide bonds. The molecular weight excluding hydrogens is 374 g/mol. The van der Waals surface area contributed by atoms with Crippen molar-refractivity contribution in [1.82, 2.24) is 5.43 Å². The Morgan fingerprint density at radius 1 is 1.07 bits per heavy atom. The highest BCUT2D eigenvalue weighted by molar-refractivity contribution is 6.39. The zero-order valence-corrected chi connectivity index (χ0v) is 16.3. The van der Waals surface area contributed by atoms with Crippen LogP contribution < -0.4 is 25.0 Å². The molecule has 0 fully saturated rings. The zero-order chi connectivity index (χ0) is 21.1. The van der Waals surface area contributed by atoms with Crippen molar-refractivity contribution in [3.63, 3.8) is 0 Å². The fourth-order valence-electron chi connectivity index (χ4n) is 2.23. The largest absolute Gasteiger partial charge is 0.493 e. The summed E-state index contributed by atoms with van der Waals surface area (Å²) in [7, 11) is 1.53. The summed E-state index contributed by atoms with van der Waals surface area (Å²) in [5.74, 6) is 0.0388. The van der Waals surface area contributed by atoms with Crippen molar-refractivity contribution >= 4 is 23.7 Å². The number of anilines is 1. The van der Waals surface area contributed by atoms with Crippen LogP contribution in [0, 0.1) is 0 Å². The molecule has 0 unspecified atom stereocenters.